The highest BCUT2D eigenvalue weighted by Crippen LogP contribution is 2.44. The summed E-state index contributed by atoms with van der Waals surface area (Å²) >= 11 is 1.73. The Morgan fingerprint density at radius 3 is 3.05 bits per heavy atom. The lowest BCUT2D eigenvalue weighted by Crippen LogP contribution is -2.25. The maximum Gasteiger partial charge on any atom is 0.209 e. The molecule has 0 amide bonds. The summed E-state index contributed by atoms with van der Waals surface area (Å²) in [4.78, 5) is 0. The number of thioether (sulfide) groups is 1. The van der Waals surface area contributed by atoms with Gasteiger partial charge < -0.3 is 10.1 Å². The van der Waals surface area contributed by atoms with Crippen LogP contribution >= 0.6 is 11.8 Å². The average molecular weight is 311 g/mol. The van der Waals surface area contributed by atoms with E-state index in [9.17, 15) is 0 Å². The molecule has 2 fully saturated rings. The van der Waals surface area contributed by atoms with Crippen molar-refractivity contribution in [2.45, 2.75) is 68.9 Å². The Balaban J connectivity index is 1.46. The third kappa shape index (κ3) is 3.76. The lowest BCUT2D eigenvalue weighted by molar-refractivity contribution is -0.0267. The summed E-state index contributed by atoms with van der Waals surface area (Å²) in [5.41, 5.74) is 0.224. The van der Waals surface area contributed by atoms with E-state index in [4.69, 9.17) is 4.74 Å². The third-order valence-corrected chi connectivity index (χ3v) is 5.59. The maximum atomic E-state index is 6.34. The minimum atomic E-state index is 0.224. The Labute approximate surface area is 130 Å². The Hall–Kier alpha value is -0.660. The zero-order valence-corrected chi connectivity index (χ0v) is 13.6. The molecule has 2 aliphatic rings. The fourth-order valence-electron chi connectivity index (χ4n) is 3.37. The summed E-state index contributed by atoms with van der Waals surface area (Å²) in [5.74, 6) is 0.962. The molecule has 0 radical (unpaired) electrons. The minimum absolute atomic E-state index is 0.224. The van der Waals surface area contributed by atoms with Gasteiger partial charge in [-0.1, -0.05) is 31.5 Å². The Morgan fingerprint density at radius 2 is 2.24 bits per heavy atom. The molecule has 1 aromatic rings. The van der Waals surface area contributed by atoms with Crippen LogP contribution in [0.1, 0.15) is 45.4 Å². The standard InChI is InChI=1S/C14H25N5OS/c1-2-15-9-10-19-13(16-17-18-19)21-11-12-5-8-14(20-12)6-3-4-7-14/h12,15H,2-11H2,1H3. The van der Waals surface area contributed by atoms with Crippen molar-refractivity contribution in [1.29, 1.82) is 0 Å². The Bertz CT molecular complexity index is 446. The molecule has 1 saturated carbocycles. The molecule has 1 saturated heterocycles. The molecule has 118 valence electrons. The number of ether oxygens (including phenoxy) is 1. The molecule has 1 N–H and O–H groups in total. The van der Waals surface area contributed by atoms with E-state index in [1.807, 2.05) is 4.68 Å². The van der Waals surface area contributed by atoms with Crippen molar-refractivity contribution >= 4 is 11.8 Å². The molecule has 0 bridgehead atoms. The zero-order chi connectivity index (χ0) is 14.5. The molecule has 3 rings (SSSR count). The van der Waals surface area contributed by atoms with Crippen LogP contribution in [0, 0.1) is 0 Å². The number of aromatic nitrogens is 4. The predicted octanol–water partition coefficient (Wildman–Crippen LogP) is 1.87. The highest BCUT2D eigenvalue weighted by molar-refractivity contribution is 7.99. The molecular weight excluding hydrogens is 286 g/mol. The SMILES string of the molecule is CCNCCn1nnnc1SCC1CCC2(CCCC2)O1. The van der Waals surface area contributed by atoms with Crippen LogP contribution in [0.2, 0.25) is 0 Å². The molecule has 1 spiro atoms. The fraction of sp³-hybridized carbons (Fsp3) is 0.929. The van der Waals surface area contributed by atoms with Crippen LogP contribution in [0.4, 0.5) is 0 Å². The van der Waals surface area contributed by atoms with Crippen LogP contribution in [0.15, 0.2) is 5.16 Å². The van der Waals surface area contributed by atoms with E-state index in [1.54, 1.807) is 11.8 Å². The first-order valence-electron chi connectivity index (χ1n) is 8.09. The number of hydrogen-bond acceptors (Lipinski definition) is 6. The molecule has 21 heavy (non-hydrogen) atoms. The van der Waals surface area contributed by atoms with Crippen molar-refractivity contribution in [1.82, 2.24) is 25.5 Å². The molecule has 6 nitrogen and oxygen atoms in total. The average Bonchev–Trinajstić information content (AvgIpc) is 3.21. The molecular formula is C14H25N5OS. The van der Waals surface area contributed by atoms with Crippen molar-refractivity contribution < 1.29 is 4.74 Å². The van der Waals surface area contributed by atoms with Crippen LogP contribution in [0.25, 0.3) is 0 Å². The highest BCUT2D eigenvalue weighted by Gasteiger charge is 2.42. The van der Waals surface area contributed by atoms with Gasteiger partial charge in [-0.05, 0) is 42.7 Å². The summed E-state index contributed by atoms with van der Waals surface area (Å²) in [6.07, 6.45) is 7.98. The minimum Gasteiger partial charge on any atom is -0.371 e. The van der Waals surface area contributed by atoms with E-state index in [2.05, 4.69) is 27.8 Å². The molecule has 7 heteroatoms. The van der Waals surface area contributed by atoms with Gasteiger partial charge in [0, 0.05) is 12.3 Å². The second-order valence-electron chi connectivity index (χ2n) is 6.02. The van der Waals surface area contributed by atoms with Crippen LogP contribution < -0.4 is 5.32 Å². The number of nitrogens with zero attached hydrogens (tertiary/aromatic N) is 4. The van der Waals surface area contributed by atoms with Gasteiger partial charge in [0.25, 0.3) is 0 Å². The van der Waals surface area contributed by atoms with Crippen molar-refractivity contribution in [3.05, 3.63) is 0 Å². The van der Waals surface area contributed by atoms with E-state index < -0.39 is 0 Å². The lowest BCUT2D eigenvalue weighted by Gasteiger charge is -2.23. The first kappa shape index (κ1) is 15.2. The largest absolute Gasteiger partial charge is 0.371 e. The Kier molecular flexibility index (Phi) is 5.13. The molecule has 1 unspecified atom stereocenters. The van der Waals surface area contributed by atoms with Crippen LogP contribution in [-0.2, 0) is 11.3 Å². The summed E-state index contributed by atoms with van der Waals surface area (Å²) < 4.78 is 8.22. The number of likely N-dealkylation sites (N-methyl/N-ethyl adjacent to an activating group) is 1. The summed E-state index contributed by atoms with van der Waals surface area (Å²) in [7, 11) is 0. The van der Waals surface area contributed by atoms with Crippen molar-refractivity contribution in [3.8, 4) is 0 Å². The van der Waals surface area contributed by atoms with Gasteiger partial charge in [-0.15, -0.1) is 5.10 Å². The van der Waals surface area contributed by atoms with Crippen LogP contribution in [0.3, 0.4) is 0 Å². The van der Waals surface area contributed by atoms with Crippen molar-refractivity contribution in [3.63, 3.8) is 0 Å². The van der Waals surface area contributed by atoms with Gasteiger partial charge in [0.1, 0.15) is 0 Å². The molecule has 1 atom stereocenters. The van der Waals surface area contributed by atoms with Gasteiger partial charge in [0.2, 0.25) is 5.16 Å². The van der Waals surface area contributed by atoms with E-state index in [0.717, 1.165) is 30.5 Å². The van der Waals surface area contributed by atoms with Crippen LogP contribution in [-0.4, -0.2) is 50.8 Å². The molecule has 2 heterocycles. The van der Waals surface area contributed by atoms with Gasteiger partial charge in [-0.25, -0.2) is 4.68 Å². The van der Waals surface area contributed by atoms with Gasteiger partial charge >= 0.3 is 0 Å². The molecule has 1 aromatic heterocycles. The summed E-state index contributed by atoms with van der Waals surface area (Å²) in [5, 5.41) is 16.2. The lowest BCUT2D eigenvalue weighted by atomic mass is 9.98. The van der Waals surface area contributed by atoms with E-state index in [-0.39, 0.29) is 5.60 Å². The summed E-state index contributed by atoms with van der Waals surface area (Å²) in [6, 6.07) is 0. The molecule has 1 aliphatic heterocycles. The third-order valence-electron chi connectivity index (χ3n) is 4.50. The van der Waals surface area contributed by atoms with E-state index in [1.165, 1.54) is 38.5 Å². The maximum absolute atomic E-state index is 6.34. The first-order valence-corrected chi connectivity index (χ1v) is 9.07. The number of tetrazole rings is 1. The topological polar surface area (TPSA) is 64.9 Å². The zero-order valence-electron chi connectivity index (χ0n) is 12.8. The summed E-state index contributed by atoms with van der Waals surface area (Å²) in [6.45, 7) is 4.80. The Morgan fingerprint density at radius 1 is 1.38 bits per heavy atom. The highest BCUT2D eigenvalue weighted by atomic mass is 32.2. The van der Waals surface area contributed by atoms with Gasteiger partial charge in [-0.3, -0.25) is 0 Å². The quantitative estimate of drug-likeness (QED) is 0.612. The van der Waals surface area contributed by atoms with E-state index in [0.29, 0.717) is 6.10 Å². The number of hydrogen-bond donors (Lipinski definition) is 1. The van der Waals surface area contributed by atoms with Gasteiger partial charge in [0.15, 0.2) is 0 Å². The van der Waals surface area contributed by atoms with E-state index >= 15 is 0 Å². The van der Waals surface area contributed by atoms with Crippen molar-refractivity contribution in [2.75, 3.05) is 18.8 Å². The predicted molar refractivity (Wildman–Crippen MR) is 82.4 cm³/mol. The van der Waals surface area contributed by atoms with Crippen molar-refractivity contribution in [2.24, 2.45) is 0 Å². The fourth-order valence-corrected chi connectivity index (χ4v) is 4.31. The first-order chi connectivity index (χ1) is 10.3. The number of nitrogens with one attached hydrogen (secondary N) is 1. The van der Waals surface area contributed by atoms with Gasteiger partial charge in [0.05, 0.1) is 18.2 Å². The van der Waals surface area contributed by atoms with Crippen LogP contribution in [0.5, 0.6) is 0 Å². The molecule has 0 aromatic carbocycles. The second kappa shape index (κ2) is 7.07. The normalized spacial score (nSPS) is 24.1. The molecule has 1 aliphatic carbocycles. The van der Waals surface area contributed by atoms with Gasteiger partial charge in [-0.2, -0.15) is 0 Å². The second-order valence-corrected chi connectivity index (χ2v) is 7.00. The smallest absolute Gasteiger partial charge is 0.209 e. The monoisotopic (exact) mass is 311 g/mol. The number of rotatable bonds is 7.